The first-order chi connectivity index (χ1) is 17.1. The van der Waals surface area contributed by atoms with Crippen LogP contribution in [0.1, 0.15) is 34.1 Å². The van der Waals surface area contributed by atoms with Gasteiger partial charge < -0.3 is 10.1 Å². The monoisotopic (exact) mass is 568 g/mol. The molecule has 8 nitrogen and oxygen atoms in total. The molecule has 1 amide bonds. The zero-order valence-electron chi connectivity index (χ0n) is 20.1. The standard InChI is InChI=1S/C26H25BrN4O4S/c1-15-12-18(6-9-22(15)27)28-26(32)21-13-23(17-4-7-20(35-3)8-5-17)29-25-24(21)16(2)30-31(25)19-10-11-36(33,34)14-19/h4-9,12-13,19H,10-11,14H2,1-3H3,(H,28,32). The molecule has 4 aromatic rings. The van der Waals surface area contributed by atoms with Crippen LogP contribution in [-0.4, -0.2) is 47.7 Å². The van der Waals surface area contributed by atoms with Crippen LogP contribution < -0.4 is 10.1 Å². The van der Waals surface area contributed by atoms with Gasteiger partial charge in [-0.2, -0.15) is 5.10 Å². The Morgan fingerprint density at radius 3 is 2.53 bits per heavy atom. The Balaban J connectivity index is 1.66. The van der Waals surface area contributed by atoms with Gasteiger partial charge in [0.2, 0.25) is 0 Å². The molecule has 3 heterocycles. The van der Waals surface area contributed by atoms with E-state index in [2.05, 4.69) is 26.3 Å². The van der Waals surface area contributed by atoms with E-state index in [1.165, 1.54) is 0 Å². The van der Waals surface area contributed by atoms with E-state index in [4.69, 9.17) is 9.72 Å². The molecule has 2 aromatic heterocycles. The average molecular weight is 569 g/mol. The van der Waals surface area contributed by atoms with E-state index in [1.807, 2.05) is 56.3 Å². The molecule has 1 fully saturated rings. The highest BCUT2D eigenvalue weighted by molar-refractivity contribution is 9.10. The van der Waals surface area contributed by atoms with Crippen molar-refractivity contribution >= 4 is 48.4 Å². The molecule has 1 aliphatic heterocycles. The number of nitrogens with one attached hydrogen (secondary N) is 1. The number of fused-ring (bicyclic) bond motifs is 1. The summed E-state index contributed by atoms with van der Waals surface area (Å²) in [6.07, 6.45) is 0.465. The summed E-state index contributed by atoms with van der Waals surface area (Å²) < 4.78 is 32.3. The summed E-state index contributed by atoms with van der Waals surface area (Å²) in [5.41, 5.74) is 4.61. The van der Waals surface area contributed by atoms with Gasteiger partial charge in [0.25, 0.3) is 5.91 Å². The quantitative estimate of drug-likeness (QED) is 0.359. The van der Waals surface area contributed by atoms with Crippen LogP contribution in [0.3, 0.4) is 0 Å². The molecule has 1 saturated heterocycles. The molecular weight excluding hydrogens is 544 g/mol. The number of benzene rings is 2. The molecule has 1 unspecified atom stereocenters. The van der Waals surface area contributed by atoms with Crippen LogP contribution in [0.5, 0.6) is 5.75 Å². The largest absolute Gasteiger partial charge is 0.497 e. The number of pyridine rings is 1. The number of ether oxygens (including phenoxy) is 1. The summed E-state index contributed by atoms with van der Waals surface area (Å²) in [6, 6.07) is 14.5. The van der Waals surface area contributed by atoms with Gasteiger partial charge in [0.05, 0.1) is 47.0 Å². The van der Waals surface area contributed by atoms with Crippen LogP contribution in [0.15, 0.2) is 53.0 Å². The van der Waals surface area contributed by atoms with Crippen LogP contribution in [0.2, 0.25) is 0 Å². The second-order valence-corrected chi connectivity index (χ2v) is 12.1. The molecule has 1 atom stereocenters. The molecule has 186 valence electrons. The molecular formula is C26H25BrN4O4S. The highest BCUT2D eigenvalue weighted by Crippen LogP contribution is 2.33. The molecule has 0 radical (unpaired) electrons. The number of carbonyl (C=O) groups excluding carboxylic acids is 1. The fraction of sp³-hybridized carbons (Fsp3) is 0.269. The molecule has 2 aromatic carbocycles. The molecule has 5 rings (SSSR count). The minimum Gasteiger partial charge on any atom is -0.497 e. The molecule has 1 aliphatic rings. The topological polar surface area (TPSA) is 103 Å². The van der Waals surface area contributed by atoms with E-state index < -0.39 is 9.84 Å². The lowest BCUT2D eigenvalue weighted by molar-refractivity contribution is 0.102. The number of methoxy groups -OCH3 is 1. The number of aromatic nitrogens is 3. The van der Waals surface area contributed by atoms with Gasteiger partial charge >= 0.3 is 0 Å². The van der Waals surface area contributed by atoms with Crippen molar-refractivity contribution < 1.29 is 17.9 Å². The zero-order valence-corrected chi connectivity index (χ0v) is 22.5. The summed E-state index contributed by atoms with van der Waals surface area (Å²) in [4.78, 5) is 18.5. The van der Waals surface area contributed by atoms with Gasteiger partial charge in [0, 0.05) is 15.7 Å². The number of sulfone groups is 1. The highest BCUT2D eigenvalue weighted by Gasteiger charge is 2.32. The molecule has 10 heteroatoms. The number of amides is 1. The third kappa shape index (κ3) is 4.62. The first-order valence-electron chi connectivity index (χ1n) is 11.5. The third-order valence-corrected chi connectivity index (χ3v) is 9.08. The fourth-order valence-electron chi connectivity index (χ4n) is 4.55. The minimum atomic E-state index is -3.13. The first-order valence-corrected chi connectivity index (χ1v) is 14.1. The Hall–Kier alpha value is -3.24. The van der Waals surface area contributed by atoms with Crippen LogP contribution in [0.4, 0.5) is 5.69 Å². The molecule has 0 aliphatic carbocycles. The predicted octanol–water partition coefficient (Wildman–Crippen LogP) is 5.10. The Kier molecular flexibility index (Phi) is 6.34. The lowest BCUT2D eigenvalue weighted by Crippen LogP contribution is -2.15. The summed E-state index contributed by atoms with van der Waals surface area (Å²) in [6.45, 7) is 3.77. The van der Waals surface area contributed by atoms with Crippen molar-refractivity contribution in [1.29, 1.82) is 0 Å². The maximum absolute atomic E-state index is 13.6. The SMILES string of the molecule is COc1ccc(-c2cc(C(=O)Nc3ccc(Br)c(C)c3)c3c(C)nn(C4CCS(=O)(=O)C4)c3n2)cc1. The van der Waals surface area contributed by atoms with Crippen LogP contribution in [-0.2, 0) is 9.84 Å². The first kappa shape index (κ1) is 24.5. The summed E-state index contributed by atoms with van der Waals surface area (Å²) in [7, 11) is -1.53. The van der Waals surface area contributed by atoms with Crippen molar-refractivity contribution in [3.8, 4) is 17.0 Å². The van der Waals surface area contributed by atoms with E-state index in [0.29, 0.717) is 45.8 Å². The van der Waals surface area contributed by atoms with E-state index in [9.17, 15) is 13.2 Å². The maximum atomic E-state index is 13.6. The van der Waals surface area contributed by atoms with Gasteiger partial charge in [0.1, 0.15) is 5.75 Å². The van der Waals surface area contributed by atoms with Crippen molar-refractivity contribution in [2.75, 3.05) is 23.9 Å². The van der Waals surface area contributed by atoms with Crippen molar-refractivity contribution in [2.24, 2.45) is 0 Å². The van der Waals surface area contributed by atoms with Crippen molar-refractivity contribution in [3.05, 3.63) is 69.8 Å². The highest BCUT2D eigenvalue weighted by atomic mass is 79.9. The summed E-state index contributed by atoms with van der Waals surface area (Å²) >= 11 is 3.49. The van der Waals surface area contributed by atoms with Crippen LogP contribution in [0, 0.1) is 13.8 Å². The molecule has 0 saturated carbocycles. The van der Waals surface area contributed by atoms with Crippen molar-refractivity contribution in [2.45, 2.75) is 26.3 Å². The van der Waals surface area contributed by atoms with Gasteiger partial charge in [-0.1, -0.05) is 15.9 Å². The van der Waals surface area contributed by atoms with E-state index in [0.717, 1.165) is 15.6 Å². The summed E-state index contributed by atoms with van der Waals surface area (Å²) in [5.74, 6) is 0.546. The second kappa shape index (κ2) is 9.33. The van der Waals surface area contributed by atoms with Gasteiger partial charge in [-0.25, -0.2) is 18.1 Å². The number of halogens is 1. The Morgan fingerprint density at radius 2 is 1.89 bits per heavy atom. The lowest BCUT2D eigenvalue weighted by Gasteiger charge is -2.13. The number of hydrogen-bond acceptors (Lipinski definition) is 6. The maximum Gasteiger partial charge on any atom is 0.256 e. The number of carbonyl (C=O) groups is 1. The smallest absolute Gasteiger partial charge is 0.256 e. The molecule has 36 heavy (non-hydrogen) atoms. The minimum absolute atomic E-state index is 0.0113. The van der Waals surface area contributed by atoms with E-state index in [-0.39, 0.29) is 23.5 Å². The van der Waals surface area contributed by atoms with Crippen molar-refractivity contribution in [1.82, 2.24) is 14.8 Å². The molecule has 0 spiro atoms. The molecule has 0 bridgehead atoms. The normalized spacial score (nSPS) is 16.8. The van der Waals surface area contributed by atoms with Gasteiger partial charge in [-0.05, 0) is 74.4 Å². The number of anilines is 1. The Bertz CT molecular complexity index is 1600. The summed E-state index contributed by atoms with van der Waals surface area (Å²) in [5, 5.41) is 8.27. The second-order valence-electron chi connectivity index (χ2n) is 8.99. The van der Waals surface area contributed by atoms with Gasteiger partial charge in [-0.3, -0.25) is 4.79 Å². The lowest BCUT2D eigenvalue weighted by atomic mass is 10.0. The third-order valence-electron chi connectivity index (χ3n) is 6.44. The van der Waals surface area contributed by atoms with E-state index in [1.54, 1.807) is 17.9 Å². The van der Waals surface area contributed by atoms with Crippen molar-refractivity contribution in [3.63, 3.8) is 0 Å². The van der Waals surface area contributed by atoms with Crippen LogP contribution >= 0.6 is 15.9 Å². The number of nitrogens with zero attached hydrogens (tertiary/aromatic N) is 3. The zero-order chi connectivity index (χ0) is 25.6. The number of aryl methyl sites for hydroxylation is 2. The van der Waals surface area contributed by atoms with Gasteiger partial charge in [-0.15, -0.1) is 0 Å². The predicted molar refractivity (Wildman–Crippen MR) is 143 cm³/mol. The Labute approximate surface area is 217 Å². The number of rotatable bonds is 5. The number of hydrogen-bond donors (Lipinski definition) is 1. The van der Waals surface area contributed by atoms with Gasteiger partial charge in [0.15, 0.2) is 15.5 Å². The average Bonchev–Trinajstić information content (AvgIpc) is 3.39. The Morgan fingerprint density at radius 1 is 1.14 bits per heavy atom. The van der Waals surface area contributed by atoms with E-state index >= 15 is 0 Å². The molecule has 1 N–H and O–H groups in total. The van der Waals surface area contributed by atoms with Crippen LogP contribution in [0.25, 0.3) is 22.3 Å². The fourth-order valence-corrected chi connectivity index (χ4v) is 6.48.